The van der Waals surface area contributed by atoms with Crippen LogP contribution in [0.15, 0.2) is 30.9 Å². The number of amides is 1. The molecule has 1 atom stereocenters. The molecular formula is C17H22N6O2. The summed E-state index contributed by atoms with van der Waals surface area (Å²) in [4.78, 5) is 21.3. The van der Waals surface area contributed by atoms with Crippen LogP contribution in [-0.2, 0) is 13.6 Å². The molecule has 0 saturated carbocycles. The van der Waals surface area contributed by atoms with Crippen molar-refractivity contribution in [2.24, 2.45) is 13.0 Å². The highest BCUT2D eigenvalue weighted by Gasteiger charge is 2.23. The van der Waals surface area contributed by atoms with Crippen molar-refractivity contribution in [3.63, 3.8) is 0 Å². The second kappa shape index (κ2) is 7.02. The smallest absolute Gasteiger partial charge is 0.251 e. The summed E-state index contributed by atoms with van der Waals surface area (Å²) >= 11 is 0. The lowest BCUT2D eigenvalue weighted by Crippen LogP contribution is -2.33. The molecule has 0 fully saturated rings. The van der Waals surface area contributed by atoms with E-state index in [0.717, 1.165) is 16.9 Å². The van der Waals surface area contributed by atoms with E-state index in [2.05, 4.69) is 20.4 Å². The molecular weight excluding hydrogens is 320 g/mol. The average Bonchev–Trinajstić information content (AvgIpc) is 3.18. The zero-order valence-electron chi connectivity index (χ0n) is 14.5. The van der Waals surface area contributed by atoms with Crippen molar-refractivity contribution >= 4 is 16.9 Å². The number of carbonyl (C=O) groups excluding carboxylic acids is 1. The Morgan fingerprint density at radius 2 is 2.12 bits per heavy atom. The number of aryl methyl sites for hydroxylation is 1. The Morgan fingerprint density at radius 3 is 2.76 bits per heavy atom. The number of nitrogens with one attached hydrogen (secondary N) is 1. The Kier molecular flexibility index (Phi) is 4.80. The Hall–Kier alpha value is -2.74. The summed E-state index contributed by atoms with van der Waals surface area (Å²) < 4.78 is 3.53. The minimum atomic E-state index is -0.234. The van der Waals surface area contributed by atoms with Gasteiger partial charge in [0.05, 0.1) is 30.0 Å². The highest BCUT2D eigenvalue weighted by Crippen LogP contribution is 2.21. The Bertz CT molecular complexity index is 882. The molecule has 0 aliphatic carbocycles. The predicted molar refractivity (Wildman–Crippen MR) is 92.9 cm³/mol. The monoisotopic (exact) mass is 342 g/mol. The van der Waals surface area contributed by atoms with E-state index in [4.69, 9.17) is 5.11 Å². The molecule has 0 spiro atoms. The topological polar surface area (TPSA) is 97.9 Å². The first-order chi connectivity index (χ1) is 12.0. The highest BCUT2D eigenvalue weighted by molar-refractivity contribution is 5.97. The van der Waals surface area contributed by atoms with Crippen LogP contribution in [0.2, 0.25) is 0 Å². The van der Waals surface area contributed by atoms with E-state index in [1.54, 1.807) is 23.1 Å². The number of aromatic nitrogens is 5. The van der Waals surface area contributed by atoms with Gasteiger partial charge in [0, 0.05) is 19.2 Å². The lowest BCUT2D eigenvalue weighted by atomic mass is 10.0. The lowest BCUT2D eigenvalue weighted by Gasteiger charge is -2.21. The second-order valence-electron chi connectivity index (χ2n) is 6.30. The van der Waals surface area contributed by atoms with Crippen LogP contribution in [-0.4, -0.2) is 41.9 Å². The molecule has 8 nitrogen and oxygen atoms in total. The quantitative estimate of drug-likeness (QED) is 0.703. The maximum atomic E-state index is 12.7. The van der Waals surface area contributed by atoms with Gasteiger partial charge >= 0.3 is 0 Å². The van der Waals surface area contributed by atoms with Crippen molar-refractivity contribution in [3.05, 3.63) is 42.2 Å². The van der Waals surface area contributed by atoms with Crippen LogP contribution in [0.5, 0.6) is 0 Å². The maximum Gasteiger partial charge on any atom is 0.251 e. The zero-order valence-corrected chi connectivity index (χ0v) is 14.5. The van der Waals surface area contributed by atoms with Gasteiger partial charge in [-0.25, -0.2) is 9.97 Å². The van der Waals surface area contributed by atoms with Crippen LogP contribution in [0.4, 0.5) is 0 Å². The van der Waals surface area contributed by atoms with Gasteiger partial charge in [-0.1, -0.05) is 13.8 Å². The van der Waals surface area contributed by atoms with Crippen LogP contribution in [0.1, 0.15) is 36.1 Å². The van der Waals surface area contributed by atoms with Gasteiger partial charge in [0.1, 0.15) is 12.2 Å². The Labute approximate surface area is 145 Å². The van der Waals surface area contributed by atoms with E-state index < -0.39 is 0 Å². The number of imidazole rings is 1. The standard InChI is InChI=1S/C17H22N6O2/c1-11(2)15(16-18-9-20-22(16)3)21-17(25)12-4-5-14-13(8-12)19-10-23(14)6-7-24/h4-5,8-11,15,24H,6-7H2,1-3H3,(H,21,25)/t15-/m0/s1. The summed E-state index contributed by atoms with van der Waals surface area (Å²) in [6, 6.07) is 5.13. The SMILES string of the molecule is CC(C)[C@H](NC(=O)c1ccc2c(c1)ncn2CCO)c1ncnn1C. The fraction of sp³-hybridized carbons (Fsp3) is 0.412. The molecule has 132 valence electrons. The fourth-order valence-electron chi connectivity index (χ4n) is 2.83. The van der Waals surface area contributed by atoms with Crippen LogP contribution in [0.25, 0.3) is 11.0 Å². The zero-order chi connectivity index (χ0) is 18.0. The highest BCUT2D eigenvalue weighted by atomic mass is 16.3. The molecule has 25 heavy (non-hydrogen) atoms. The molecule has 0 aliphatic heterocycles. The number of rotatable bonds is 6. The van der Waals surface area contributed by atoms with Gasteiger partial charge in [0.15, 0.2) is 0 Å². The van der Waals surface area contributed by atoms with E-state index in [1.807, 2.05) is 31.5 Å². The van der Waals surface area contributed by atoms with Crippen molar-refractivity contribution in [2.75, 3.05) is 6.61 Å². The van der Waals surface area contributed by atoms with Crippen molar-refractivity contribution in [2.45, 2.75) is 26.4 Å². The number of hydrogen-bond acceptors (Lipinski definition) is 5. The van der Waals surface area contributed by atoms with Gasteiger partial charge < -0.3 is 15.0 Å². The summed E-state index contributed by atoms with van der Waals surface area (Å²) in [5, 5.41) is 16.2. The minimum absolute atomic E-state index is 0.0431. The van der Waals surface area contributed by atoms with E-state index in [9.17, 15) is 4.79 Å². The first-order valence-corrected chi connectivity index (χ1v) is 8.21. The maximum absolute atomic E-state index is 12.7. The Balaban J connectivity index is 1.84. The molecule has 0 unspecified atom stereocenters. The summed E-state index contributed by atoms with van der Waals surface area (Å²) in [5.74, 6) is 0.705. The first kappa shape index (κ1) is 17.1. The molecule has 2 heterocycles. The van der Waals surface area contributed by atoms with E-state index in [-0.39, 0.29) is 24.5 Å². The van der Waals surface area contributed by atoms with Crippen LogP contribution in [0.3, 0.4) is 0 Å². The summed E-state index contributed by atoms with van der Waals surface area (Å²) in [5.41, 5.74) is 2.15. The summed E-state index contributed by atoms with van der Waals surface area (Å²) in [7, 11) is 1.81. The van der Waals surface area contributed by atoms with Crippen LogP contribution < -0.4 is 5.32 Å². The van der Waals surface area contributed by atoms with Gasteiger partial charge in [-0.3, -0.25) is 9.48 Å². The largest absolute Gasteiger partial charge is 0.395 e. The predicted octanol–water partition coefficient (Wildman–Crippen LogP) is 1.28. The van der Waals surface area contributed by atoms with Crippen LogP contribution >= 0.6 is 0 Å². The first-order valence-electron chi connectivity index (χ1n) is 8.21. The third-order valence-corrected chi connectivity index (χ3v) is 4.20. The number of nitrogens with zero attached hydrogens (tertiary/aromatic N) is 5. The van der Waals surface area contributed by atoms with Gasteiger partial charge in [-0.15, -0.1) is 0 Å². The molecule has 2 N–H and O–H groups in total. The molecule has 1 aromatic carbocycles. The molecule has 1 amide bonds. The molecule has 0 bridgehead atoms. The van der Waals surface area contributed by atoms with Crippen molar-refractivity contribution in [1.82, 2.24) is 29.6 Å². The molecule has 3 rings (SSSR count). The number of carbonyl (C=O) groups is 1. The molecule has 0 aliphatic rings. The van der Waals surface area contributed by atoms with E-state index in [0.29, 0.717) is 12.1 Å². The van der Waals surface area contributed by atoms with Gasteiger partial charge in [-0.2, -0.15) is 5.10 Å². The second-order valence-corrected chi connectivity index (χ2v) is 6.30. The molecule has 2 aromatic heterocycles. The fourth-order valence-corrected chi connectivity index (χ4v) is 2.83. The third kappa shape index (κ3) is 3.39. The number of benzene rings is 1. The summed E-state index contributed by atoms with van der Waals surface area (Å²) in [6.45, 7) is 4.57. The van der Waals surface area contributed by atoms with Gasteiger partial charge in [0.25, 0.3) is 5.91 Å². The van der Waals surface area contributed by atoms with Crippen molar-refractivity contribution < 1.29 is 9.90 Å². The van der Waals surface area contributed by atoms with Crippen molar-refractivity contribution in [3.8, 4) is 0 Å². The lowest BCUT2D eigenvalue weighted by molar-refractivity contribution is 0.0922. The summed E-state index contributed by atoms with van der Waals surface area (Å²) in [6.07, 6.45) is 3.15. The van der Waals surface area contributed by atoms with E-state index >= 15 is 0 Å². The van der Waals surface area contributed by atoms with E-state index in [1.165, 1.54) is 6.33 Å². The van der Waals surface area contributed by atoms with Crippen molar-refractivity contribution in [1.29, 1.82) is 0 Å². The number of hydrogen-bond donors (Lipinski definition) is 2. The van der Waals surface area contributed by atoms with Gasteiger partial charge in [0.2, 0.25) is 0 Å². The van der Waals surface area contributed by atoms with Crippen LogP contribution in [0, 0.1) is 5.92 Å². The van der Waals surface area contributed by atoms with Gasteiger partial charge in [-0.05, 0) is 24.1 Å². The number of aliphatic hydroxyl groups excluding tert-OH is 1. The average molecular weight is 342 g/mol. The Morgan fingerprint density at radius 1 is 1.32 bits per heavy atom. The minimum Gasteiger partial charge on any atom is -0.395 e. The number of fused-ring (bicyclic) bond motifs is 1. The molecule has 8 heteroatoms. The normalized spacial score (nSPS) is 12.7. The molecule has 0 radical (unpaired) electrons. The third-order valence-electron chi connectivity index (χ3n) is 4.20. The molecule has 0 saturated heterocycles. The number of aliphatic hydroxyl groups is 1. The molecule has 3 aromatic rings.